The van der Waals surface area contributed by atoms with Crippen LogP contribution in [0.3, 0.4) is 0 Å². The molecule has 0 N–H and O–H groups in total. The topological polar surface area (TPSA) is 52.6 Å². The van der Waals surface area contributed by atoms with Gasteiger partial charge < -0.3 is 9.47 Å². The first kappa shape index (κ1) is 26.4. The molecule has 0 spiro atoms. The minimum absolute atomic E-state index is 0.106. The first-order valence-electron chi connectivity index (χ1n) is 10.8. The van der Waals surface area contributed by atoms with Gasteiger partial charge in [-0.1, -0.05) is 49.6 Å². The Balaban J connectivity index is 0.000000311. The Morgan fingerprint density at radius 3 is 1.65 bits per heavy atom. The first-order chi connectivity index (χ1) is 14.5. The molecule has 4 heteroatoms. The summed E-state index contributed by atoms with van der Waals surface area (Å²) in [7, 11) is 0. The van der Waals surface area contributed by atoms with Crippen LogP contribution in [-0.2, 0) is 19.1 Å². The molecule has 0 aromatic carbocycles. The molecule has 2 aliphatic rings. The Morgan fingerprint density at radius 1 is 0.871 bits per heavy atom. The molecule has 0 aromatic heterocycles. The summed E-state index contributed by atoms with van der Waals surface area (Å²) < 4.78 is 10.7. The second kappa shape index (κ2) is 12.3. The van der Waals surface area contributed by atoms with E-state index >= 15 is 0 Å². The van der Waals surface area contributed by atoms with Crippen molar-refractivity contribution in [1.82, 2.24) is 0 Å². The molecule has 0 aromatic rings. The van der Waals surface area contributed by atoms with E-state index in [1.54, 1.807) is 6.92 Å². The molecular formula is C27H38O4. The molecule has 0 saturated carbocycles. The van der Waals surface area contributed by atoms with Gasteiger partial charge in [0.05, 0.1) is 0 Å². The van der Waals surface area contributed by atoms with Crippen molar-refractivity contribution in [3.8, 4) is 0 Å². The predicted molar refractivity (Wildman–Crippen MR) is 127 cm³/mol. The van der Waals surface area contributed by atoms with Gasteiger partial charge in [0, 0.05) is 11.6 Å². The summed E-state index contributed by atoms with van der Waals surface area (Å²) in [4.78, 5) is 22.6. The molecule has 0 amide bonds. The normalized spacial score (nSPS) is 24.9. The molecule has 2 aliphatic carbocycles. The highest BCUT2D eigenvalue weighted by atomic mass is 16.5. The molecule has 0 aliphatic heterocycles. The van der Waals surface area contributed by atoms with Crippen molar-refractivity contribution in [3.05, 3.63) is 72.4 Å². The fourth-order valence-corrected chi connectivity index (χ4v) is 3.51. The zero-order chi connectivity index (χ0) is 23.7. The number of hydrogen-bond donors (Lipinski definition) is 0. The lowest BCUT2D eigenvalue weighted by molar-refractivity contribution is -0.143. The van der Waals surface area contributed by atoms with Crippen LogP contribution in [-0.4, -0.2) is 24.1 Å². The van der Waals surface area contributed by atoms with Crippen molar-refractivity contribution in [2.75, 3.05) is 0 Å². The SMILES string of the molecule is C=C(C)C(=O)O[C@@H]1C[C@@H](C(=C)C)CC=C1C.C=CC(=O)O[C@@H]1C[C@@H](C(=C)C)CC=C1C. The molecule has 31 heavy (non-hydrogen) atoms. The third-order valence-electron chi connectivity index (χ3n) is 5.88. The maximum atomic E-state index is 11.5. The van der Waals surface area contributed by atoms with Crippen molar-refractivity contribution in [2.45, 2.75) is 72.5 Å². The maximum Gasteiger partial charge on any atom is 0.333 e. The van der Waals surface area contributed by atoms with Crippen LogP contribution in [0, 0.1) is 11.8 Å². The molecule has 0 bridgehead atoms. The fraction of sp³-hybridized carbons (Fsp3) is 0.481. The van der Waals surface area contributed by atoms with E-state index in [-0.39, 0.29) is 24.1 Å². The highest BCUT2D eigenvalue weighted by molar-refractivity contribution is 5.87. The predicted octanol–water partition coefficient (Wildman–Crippen LogP) is 6.42. The van der Waals surface area contributed by atoms with Gasteiger partial charge in [-0.15, -0.1) is 0 Å². The van der Waals surface area contributed by atoms with E-state index in [0.717, 1.165) is 48.0 Å². The van der Waals surface area contributed by atoms with E-state index in [4.69, 9.17) is 9.47 Å². The van der Waals surface area contributed by atoms with Crippen LogP contribution in [0.2, 0.25) is 0 Å². The number of carbonyl (C=O) groups excluding carboxylic acids is 2. The smallest absolute Gasteiger partial charge is 0.333 e. The van der Waals surface area contributed by atoms with Gasteiger partial charge in [0.1, 0.15) is 12.2 Å². The zero-order valence-corrected chi connectivity index (χ0v) is 19.8. The molecule has 0 radical (unpaired) electrons. The van der Waals surface area contributed by atoms with Crippen LogP contribution < -0.4 is 0 Å². The average molecular weight is 427 g/mol. The maximum absolute atomic E-state index is 11.5. The number of allylic oxidation sites excluding steroid dienone is 4. The van der Waals surface area contributed by atoms with Crippen LogP contribution in [0.25, 0.3) is 0 Å². The zero-order valence-electron chi connectivity index (χ0n) is 19.8. The van der Waals surface area contributed by atoms with Crippen LogP contribution in [0.4, 0.5) is 0 Å². The van der Waals surface area contributed by atoms with Crippen molar-refractivity contribution >= 4 is 11.9 Å². The quantitative estimate of drug-likeness (QED) is 0.279. The van der Waals surface area contributed by atoms with E-state index < -0.39 is 0 Å². The number of rotatable bonds is 6. The third-order valence-corrected chi connectivity index (χ3v) is 5.88. The van der Waals surface area contributed by atoms with Crippen molar-refractivity contribution in [2.24, 2.45) is 11.8 Å². The molecule has 2 rings (SSSR count). The lowest BCUT2D eigenvalue weighted by atomic mass is 9.84. The number of carbonyl (C=O) groups is 2. The Bertz CT molecular complexity index is 796. The van der Waals surface area contributed by atoms with Gasteiger partial charge in [0.15, 0.2) is 0 Å². The van der Waals surface area contributed by atoms with Crippen molar-refractivity contribution < 1.29 is 19.1 Å². The minimum atomic E-state index is -0.352. The average Bonchev–Trinajstić information content (AvgIpc) is 2.71. The van der Waals surface area contributed by atoms with E-state index in [9.17, 15) is 9.59 Å². The largest absolute Gasteiger partial charge is 0.455 e. The van der Waals surface area contributed by atoms with Crippen molar-refractivity contribution in [3.63, 3.8) is 0 Å². The summed E-state index contributed by atoms with van der Waals surface area (Å²) in [6, 6.07) is 0. The highest BCUT2D eigenvalue weighted by Gasteiger charge is 2.26. The highest BCUT2D eigenvalue weighted by Crippen LogP contribution is 2.31. The number of ether oxygens (including phenoxy) is 2. The molecule has 0 unspecified atom stereocenters. The van der Waals surface area contributed by atoms with E-state index in [0.29, 0.717) is 17.4 Å². The molecule has 170 valence electrons. The molecule has 4 nitrogen and oxygen atoms in total. The Labute approximate surface area is 188 Å². The Kier molecular flexibility index (Phi) is 10.5. The summed E-state index contributed by atoms with van der Waals surface area (Å²) in [6.07, 6.45) is 8.95. The van der Waals surface area contributed by atoms with E-state index in [2.05, 4.69) is 38.5 Å². The minimum Gasteiger partial charge on any atom is -0.455 e. The lowest BCUT2D eigenvalue weighted by Crippen LogP contribution is -2.26. The van der Waals surface area contributed by atoms with Crippen LogP contribution in [0.5, 0.6) is 0 Å². The number of hydrogen-bond acceptors (Lipinski definition) is 4. The fourth-order valence-electron chi connectivity index (χ4n) is 3.51. The van der Waals surface area contributed by atoms with Gasteiger partial charge in [-0.25, -0.2) is 9.59 Å². The first-order valence-corrected chi connectivity index (χ1v) is 10.8. The standard InChI is InChI=1S/C14H20O2.C13H18O2/c1-9(2)12-7-6-11(5)13(8-12)16-14(15)10(3)4;1-5-13(14)15-12-8-11(9(2)3)7-6-10(12)4/h6,12-13H,1,3,7-8H2,2,4-5H3;5-6,11-12H,1-2,7-8H2,3-4H3/t12-,13+;11-,12+/m00/s1. The second-order valence-corrected chi connectivity index (χ2v) is 8.73. The summed E-state index contributed by atoms with van der Waals surface area (Å²) in [6.45, 7) is 24.6. The van der Waals surface area contributed by atoms with E-state index in [1.165, 1.54) is 6.08 Å². The van der Waals surface area contributed by atoms with Crippen LogP contribution >= 0.6 is 0 Å². The molecular weight excluding hydrogens is 388 g/mol. The summed E-state index contributed by atoms with van der Waals surface area (Å²) in [5, 5.41) is 0. The van der Waals surface area contributed by atoms with Gasteiger partial charge in [-0.3, -0.25) is 0 Å². The summed E-state index contributed by atoms with van der Waals surface area (Å²) >= 11 is 0. The van der Waals surface area contributed by atoms with Crippen LogP contribution in [0.1, 0.15) is 60.3 Å². The van der Waals surface area contributed by atoms with E-state index in [1.807, 2.05) is 27.7 Å². The Morgan fingerprint density at radius 2 is 1.29 bits per heavy atom. The van der Waals surface area contributed by atoms with Crippen LogP contribution in [0.15, 0.2) is 72.4 Å². The summed E-state index contributed by atoms with van der Waals surface area (Å²) in [5.41, 5.74) is 5.01. The molecule has 4 atom stereocenters. The Hall–Kier alpha value is -2.62. The van der Waals surface area contributed by atoms with Gasteiger partial charge in [0.25, 0.3) is 0 Å². The van der Waals surface area contributed by atoms with Gasteiger partial charge in [-0.05, 0) is 83.3 Å². The number of esters is 2. The molecule has 0 saturated heterocycles. The summed E-state index contributed by atoms with van der Waals surface area (Å²) in [5.74, 6) is 0.193. The molecule has 0 heterocycles. The van der Waals surface area contributed by atoms with Gasteiger partial charge >= 0.3 is 11.9 Å². The lowest BCUT2D eigenvalue weighted by Gasteiger charge is -2.28. The third kappa shape index (κ3) is 8.56. The molecule has 0 fully saturated rings. The second-order valence-electron chi connectivity index (χ2n) is 8.73. The van der Waals surface area contributed by atoms with Gasteiger partial charge in [-0.2, -0.15) is 0 Å². The van der Waals surface area contributed by atoms with Gasteiger partial charge in [0.2, 0.25) is 0 Å². The van der Waals surface area contributed by atoms with Crippen molar-refractivity contribution in [1.29, 1.82) is 0 Å². The monoisotopic (exact) mass is 426 g/mol.